The molecule has 19 heavy (non-hydrogen) atoms. The summed E-state index contributed by atoms with van der Waals surface area (Å²) in [5.74, 6) is 1.10. The molecule has 0 saturated carbocycles. The fraction of sp³-hybridized carbons (Fsp3) is 0.538. The highest BCUT2D eigenvalue weighted by Crippen LogP contribution is 2.33. The third kappa shape index (κ3) is 2.99. The number of benzene rings is 1. The first-order valence-corrected chi connectivity index (χ1v) is 6.50. The van der Waals surface area contributed by atoms with E-state index in [0.29, 0.717) is 29.7 Å². The zero-order valence-electron chi connectivity index (χ0n) is 11.7. The largest absolute Gasteiger partial charge is 0.497 e. The Bertz CT molecular complexity index is 454. The van der Waals surface area contributed by atoms with Crippen LogP contribution in [-0.2, 0) is 9.31 Å². The van der Waals surface area contributed by atoms with Crippen molar-refractivity contribution in [1.82, 2.24) is 0 Å². The maximum atomic E-state index is 6.23. The van der Waals surface area contributed by atoms with Gasteiger partial charge in [-0.25, -0.2) is 0 Å². The number of halogens is 1. The molecule has 1 saturated heterocycles. The second-order valence-electron chi connectivity index (χ2n) is 5.32. The van der Waals surface area contributed by atoms with E-state index < -0.39 is 7.12 Å². The van der Waals surface area contributed by atoms with Crippen LogP contribution in [0.25, 0.3) is 0 Å². The van der Waals surface area contributed by atoms with Crippen molar-refractivity contribution < 1.29 is 18.8 Å². The minimum atomic E-state index is -0.452. The van der Waals surface area contributed by atoms with Crippen LogP contribution in [-0.4, -0.2) is 34.6 Å². The summed E-state index contributed by atoms with van der Waals surface area (Å²) in [5, 5.41) is 0.430. The normalized spacial score (nSPS) is 18.3. The third-order valence-corrected chi connectivity index (χ3v) is 3.38. The molecule has 104 valence electrons. The molecule has 0 aliphatic carbocycles. The molecule has 1 aliphatic heterocycles. The Labute approximate surface area is 119 Å². The number of ether oxygens (including phenoxy) is 2. The number of methoxy groups -OCH3 is 2. The van der Waals surface area contributed by atoms with Crippen molar-refractivity contribution in [3.8, 4) is 11.5 Å². The van der Waals surface area contributed by atoms with Crippen molar-refractivity contribution >= 4 is 24.2 Å². The zero-order valence-corrected chi connectivity index (χ0v) is 12.4. The van der Waals surface area contributed by atoms with Crippen LogP contribution in [0.1, 0.15) is 13.8 Å². The average molecular weight is 285 g/mol. The number of rotatable bonds is 3. The lowest BCUT2D eigenvalue weighted by Gasteiger charge is -2.33. The third-order valence-electron chi connectivity index (χ3n) is 3.02. The van der Waals surface area contributed by atoms with Gasteiger partial charge >= 0.3 is 7.12 Å². The Morgan fingerprint density at radius 1 is 1.16 bits per heavy atom. The van der Waals surface area contributed by atoms with E-state index in [4.69, 9.17) is 30.4 Å². The van der Waals surface area contributed by atoms with Crippen LogP contribution in [0.4, 0.5) is 0 Å². The van der Waals surface area contributed by atoms with E-state index in [0.717, 1.165) is 5.46 Å². The maximum absolute atomic E-state index is 6.23. The Morgan fingerprint density at radius 3 is 2.32 bits per heavy atom. The molecule has 0 radical (unpaired) electrons. The summed E-state index contributed by atoms with van der Waals surface area (Å²) in [4.78, 5) is 0. The van der Waals surface area contributed by atoms with E-state index in [1.54, 1.807) is 20.3 Å². The molecule has 0 spiro atoms. The Hall–Kier alpha value is -0.905. The van der Waals surface area contributed by atoms with Gasteiger partial charge in [0, 0.05) is 24.1 Å². The summed E-state index contributed by atoms with van der Waals surface area (Å²) in [5.41, 5.74) is 0.809. The minimum Gasteiger partial charge on any atom is -0.495 e. The lowest BCUT2D eigenvalue weighted by molar-refractivity contribution is 0.0341. The molecular formula is C13H18BClO4. The van der Waals surface area contributed by atoms with E-state index in [1.165, 1.54) is 0 Å². The van der Waals surface area contributed by atoms with E-state index in [9.17, 15) is 0 Å². The van der Waals surface area contributed by atoms with Gasteiger partial charge in [0.05, 0.1) is 14.2 Å². The van der Waals surface area contributed by atoms with Gasteiger partial charge in [-0.1, -0.05) is 31.5 Å². The predicted octanol–water partition coefficient (Wildman–Crippen LogP) is 2.13. The second kappa shape index (κ2) is 5.61. The first kappa shape index (κ1) is 14.5. The SMILES string of the molecule is COc1ccc(B2OCC(C)(C)CO2)c(OC)c1Cl. The molecule has 0 atom stereocenters. The van der Waals surface area contributed by atoms with E-state index in [-0.39, 0.29) is 5.41 Å². The quantitative estimate of drug-likeness (QED) is 0.797. The van der Waals surface area contributed by atoms with Gasteiger partial charge in [0.1, 0.15) is 16.5 Å². The lowest BCUT2D eigenvalue weighted by atomic mass is 9.75. The molecule has 1 heterocycles. The average Bonchev–Trinajstić information content (AvgIpc) is 2.38. The van der Waals surface area contributed by atoms with Crippen LogP contribution in [0, 0.1) is 5.41 Å². The van der Waals surface area contributed by atoms with Crippen molar-refractivity contribution in [2.24, 2.45) is 5.41 Å². The monoisotopic (exact) mass is 284 g/mol. The van der Waals surface area contributed by atoms with Crippen LogP contribution < -0.4 is 14.9 Å². The fourth-order valence-electron chi connectivity index (χ4n) is 1.98. The molecule has 0 bridgehead atoms. The van der Waals surface area contributed by atoms with Gasteiger partial charge in [0.25, 0.3) is 0 Å². The lowest BCUT2D eigenvalue weighted by Crippen LogP contribution is -2.47. The molecule has 4 nitrogen and oxygen atoms in total. The van der Waals surface area contributed by atoms with Crippen molar-refractivity contribution in [3.05, 3.63) is 17.2 Å². The first-order chi connectivity index (χ1) is 8.98. The summed E-state index contributed by atoms with van der Waals surface area (Å²) in [6.45, 7) is 5.46. The number of hydrogen-bond donors (Lipinski definition) is 0. The highest BCUT2D eigenvalue weighted by molar-refractivity contribution is 6.63. The molecule has 0 amide bonds. The highest BCUT2D eigenvalue weighted by atomic mass is 35.5. The van der Waals surface area contributed by atoms with Gasteiger partial charge in [0.15, 0.2) is 0 Å². The minimum absolute atomic E-state index is 0.0278. The standard InChI is InChI=1S/C13H18BClO4/c1-13(2)7-18-14(19-8-13)9-5-6-10(16-3)11(15)12(9)17-4/h5-6H,7-8H2,1-4H3. The summed E-state index contributed by atoms with van der Waals surface area (Å²) < 4.78 is 22.0. The van der Waals surface area contributed by atoms with Gasteiger partial charge < -0.3 is 18.8 Å². The molecule has 0 aromatic heterocycles. The van der Waals surface area contributed by atoms with E-state index in [1.807, 2.05) is 6.07 Å². The summed E-state index contributed by atoms with van der Waals surface area (Å²) in [6.07, 6.45) is 0. The van der Waals surface area contributed by atoms with Crippen LogP contribution in [0.15, 0.2) is 12.1 Å². The van der Waals surface area contributed by atoms with Gasteiger partial charge in [-0.3, -0.25) is 0 Å². The highest BCUT2D eigenvalue weighted by Gasteiger charge is 2.36. The molecule has 2 rings (SSSR count). The fourth-order valence-corrected chi connectivity index (χ4v) is 2.30. The molecule has 6 heteroatoms. The molecule has 1 aromatic carbocycles. The van der Waals surface area contributed by atoms with Crippen molar-refractivity contribution in [2.45, 2.75) is 13.8 Å². The summed E-state index contributed by atoms with van der Waals surface area (Å²) in [7, 11) is 2.68. The van der Waals surface area contributed by atoms with Crippen molar-refractivity contribution in [3.63, 3.8) is 0 Å². The van der Waals surface area contributed by atoms with Crippen LogP contribution in [0.5, 0.6) is 11.5 Å². The number of hydrogen-bond acceptors (Lipinski definition) is 4. The Kier molecular flexibility index (Phi) is 4.28. The van der Waals surface area contributed by atoms with Gasteiger partial charge in [-0.15, -0.1) is 0 Å². The van der Waals surface area contributed by atoms with Crippen LogP contribution in [0.2, 0.25) is 5.02 Å². The van der Waals surface area contributed by atoms with E-state index in [2.05, 4.69) is 13.8 Å². The molecule has 1 aliphatic rings. The Balaban J connectivity index is 2.28. The van der Waals surface area contributed by atoms with Gasteiger partial charge in [-0.05, 0) is 6.07 Å². The van der Waals surface area contributed by atoms with Gasteiger partial charge in [0.2, 0.25) is 0 Å². The van der Waals surface area contributed by atoms with Gasteiger partial charge in [-0.2, -0.15) is 0 Å². The molecule has 0 unspecified atom stereocenters. The summed E-state index contributed by atoms with van der Waals surface area (Å²) in [6, 6.07) is 3.64. The molecule has 1 fully saturated rings. The second-order valence-corrected chi connectivity index (χ2v) is 5.70. The van der Waals surface area contributed by atoms with E-state index >= 15 is 0 Å². The zero-order chi connectivity index (χ0) is 14.0. The molecule has 1 aromatic rings. The smallest absolute Gasteiger partial charge is 0.495 e. The topological polar surface area (TPSA) is 36.9 Å². The maximum Gasteiger partial charge on any atom is 0.497 e. The van der Waals surface area contributed by atoms with Crippen LogP contribution >= 0.6 is 11.6 Å². The van der Waals surface area contributed by atoms with Crippen molar-refractivity contribution in [1.29, 1.82) is 0 Å². The predicted molar refractivity (Wildman–Crippen MR) is 75.6 cm³/mol. The molecular weight excluding hydrogens is 266 g/mol. The molecule has 0 N–H and O–H groups in total. The Morgan fingerprint density at radius 2 is 1.79 bits per heavy atom. The summed E-state index contributed by atoms with van der Waals surface area (Å²) >= 11 is 6.23. The van der Waals surface area contributed by atoms with Crippen molar-refractivity contribution in [2.75, 3.05) is 27.4 Å². The van der Waals surface area contributed by atoms with Crippen LogP contribution in [0.3, 0.4) is 0 Å². The first-order valence-electron chi connectivity index (χ1n) is 6.12.